The Labute approximate surface area is 152 Å². The summed E-state index contributed by atoms with van der Waals surface area (Å²) in [6, 6.07) is 3.14. The molecule has 1 unspecified atom stereocenters. The predicted octanol–water partition coefficient (Wildman–Crippen LogP) is 1.89. The molecular weight excluding hydrogens is 334 g/mol. The molecule has 3 rings (SSSR count). The lowest BCUT2D eigenvalue weighted by Gasteiger charge is -2.32. The number of likely N-dealkylation sites (tertiary alicyclic amines) is 1. The molecule has 0 saturated carbocycles. The van der Waals surface area contributed by atoms with Gasteiger partial charge in [-0.05, 0) is 38.3 Å². The molecule has 0 radical (unpaired) electrons. The molecule has 1 aliphatic rings. The summed E-state index contributed by atoms with van der Waals surface area (Å²) in [5, 5.41) is 6.77. The second-order valence-corrected chi connectivity index (χ2v) is 6.45. The Kier molecular flexibility index (Phi) is 5.60. The molecule has 138 valence electrons. The number of carbonyl (C=O) groups excluding carboxylic acids is 2. The minimum Gasteiger partial charge on any atom is -0.344 e. The monoisotopic (exact) mass is 357 g/mol. The van der Waals surface area contributed by atoms with Crippen LogP contribution in [0, 0.1) is 12.8 Å². The van der Waals surface area contributed by atoms with Crippen LogP contribution in [-0.4, -0.2) is 44.9 Å². The number of aryl methyl sites for hydroxylation is 1. The summed E-state index contributed by atoms with van der Waals surface area (Å²) in [5.41, 5.74) is 0.626. The van der Waals surface area contributed by atoms with E-state index in [-0.39, 0.29) is 23.8 Å². The first-order valence-corrected chi connectivity index (χ1v) is 8.88. The highest BCUT2D eigenvalue weighted by Crippen LogP contribution is 2.21. The zero-order valence-electron chi connectivity index (χ0n) is 15.0. The number of hydrogen-bond acceptors (Lipinski definition) is 6. The van der Waals surface area contributed by atoms with E-state index >= 15 is 0 Å². The van der Waals surface area contributed by atoms with E-state index < -0.39 is 0 Å². The quantitative estimate of drug-likeness (QED) is 0.877. The lowest BCUT2D eigenvalue weighted by molar-refractivity contribution is -0.127. The molecule has 1 atom stereocenters. The van der Waals surface area contributed by atoms with Crippen LogP contribution in [0.25, 0.3) is 0 Å². The number of rotatable bonds is 5. The standard InChI is InChI=1S/C18H23N5O3/c1-3-15(17-20-12(2)22-26-17)21-16(24)13-6-10-23(11-7-13)18(25)14-4-8-19-9-5-14/h4-5,8-9,13,15H,3,6-7,10-11H2,1-2H3,(H,21,24). The van der Waals surface area contributed by atoms with Crippen molar-refractivity contribution in [2.24, 2.45) is 5.92 Å². The van der Waals surface area contributed by atoms with Crippen LogP contribution in [0.15, 0.2) is 29.0 Å². The zero-order chi connectivity index (χ0) is 18.5. The number of aromatic nitrogens is 3. The van der Waals surface area contributed by atoms with Crippen molar-refractivity contribution in [1.82, 2.24) is 25.3 Å². The minimum atomic E-state index is -0.278. The van der Waals surface area contributed by atoms with E-state index in [4.69, 9.17) is 4.52 Å². The van der Waals surface area contributed by atoms with Crippen molar-refractivity contribution in [1.29, 1.82) is 0 Å². The molecule has 1 aliphatic heterocycles. The molecule has 1 N–H and O–H groups in total. The summed E-state index contributed by atoms with van der Waals surface area (Å²) in [6.07, 6.45) is 5.17. The zero-order valence-corrected chi connectivity index (χ0v) is 15.0. The largest absolute Gasteiger partial charge is 0.344 e. The number of nitrogens with zero attached hydrogens (tertiary/aromatic N) is 4. The van der Waals surface area contributed by atoms with Crippen molar-refractivity contribution >= 4 is 11.8 Å². The van der Waals surface area contributed by atoms with Gasteiger partial charge in [-0.1, -0.05) is 12.1 Å². The van der Waals surface area contributed by atoms with Gasteiger partial charge in [0.25, 0.3) is 5.91 Å². The average Bonchev–Trinajstić information content (AvgIpc) is 3.12. The van der Waals surface area contributed by atoms with E-state index in [1.54, 1.807) is 36.4 Å². The lowest BCUT2D eigenvalue weighted by atomic mass is 9.95. The Morgan fingerprint density at radius 3 is 2.58 bits per heavy atom. The Morgan fingerprint density at radius 2 is 2.00 bits per heavy atom. The van der Waals surface area contributed by atoms with Crippen LogP contribution in [0.4, 0.5) is 0 Å². The van der Waals surface area contributed by atoms with E-state index in [0.717, 1.165) is 0 Å². The molecule has 1 saturated heterocycles. The van der Waals surface area contributed by atoms with Gasteiger partial charge in [-0.2, -0.15) is 4.98 Å². The second kappa shape index (κ2) is 8.07. The number of carbonyl (C=O) groups is 2. The van der Waals surface area contributed by atoms with Gasteiger partial charge in [0.05, 0.1) is 0 Å². The highest BCUT2D eigenvalue weighted by molar-refractivity contribution is 5.94. The van der Waals surface area contributed by atoms with Crippen molar-refractivity contribution in [3.63, 3.8) is 0 Å². The Hall–Kier alpha value is -2.77. The number of piperidine rings is 1. The second-order valence-electron chi connectivity index (χ2n) is 6.45. The molecule has 26 heavy (non-hydrogen) atoms. The van der Waals surface area contributed by atoms with Gasteiger partial charge in [-0.15, -0.1) is 0 Å². The summed E-state index contributed by atoms with van der Waals surface area (Å²) in [4.78, 5) is 35.0. The summed E-state index contributed by atoms with van der Waals surface area (Å²) < 4.78 is 5.17. The molecule has 0 aliphatic carbocycles. The molecule has 0 spiro atoms. The third-order valence-electron chi connectivity index (χ3n) is 4.65. The van der Waals surface area contributed by atoms with Gasteiger partial charge in [-0.3, -0.25) is 14.6 Å². The first-order valence-electron chi connectivity index (χ1n) is 8.88. The summed E-state index contributed by atoms with van der Waals surface area (Å²) in [6.45, 7) is 4.84. The maximum atomic E-state index is 12.6. The summed E-state index contributed by atoms with van der Waals surface area (Å²) in [7, 11) is 0. The maximum Gasteiger partial charge on any atom is 0.253 e. The van der Waals surface area contributed by atoms with Crippen molar-refractivity contribution in [3.8, 4) is 0 Å². The van der Waals surface area contributed by atoms with Crippen LogP contribution >= 0.6 is 0 Å². The Balaban J connectivity index is 1.54. The number of amides is 2. The van der Waals surface area contributed by atoms with Crippen LogP contribution in [0.1, 0.15) is 54.3 Å². The molecule has 2 aromatic heterocycles. The van der Waals surface area contributed by atoms with E-state index in [2.05, 4.69) is 20.4 Å². The van der Waals surface area contributed by atoms with Gasteiger partial charge in [0.1, 0.15) is 6.04 Å². The number of hydrogen-bond donors (Lipinski definition) is 1. The van der Waals surface area contributed by atoms with E-state index in [9.17, 15) is 9.59 Å². The van der Waals surface area contributed by atoms with Gasteiger partial charge < -0.3 is 14.7 Å². The fourth-order valence-corrected chi connectivity index (χ4v) is 3.10. The molecule has 0 aromatic carbocycles. The van der Waals surface area contributed by atoms with Crippen molar-refractivity contribution in [2.75, 3.05) is 13.1 Å². The van der Waals surface area contributed by atoms with E-state index in [1.807, 2.05) is 6.92 Å². The smallest absolute Gasteiger partial charge is 0.253 e. The van der Waals surface area contributed by atoms with Crippen LogP contribution in [0.3, 0.4) is 0 Å². The summed E-state index contributed by atoms with van der Waals surface area (Å²) in [5.74, 6) is 0.830. The molecule has 0 bridgehead atoms. The predicted molar refractivity (Wildman–Crippen MR) is 93.1 cm³/mol. The van der Waals surface area contributed by atoms with Crippen LogP contribution in [0.5, 0.6) is 0 Å². The third kappa shape index (κ3) is 4.07. The Morgan fingerprint density at radius 1 is 1.31 bits per heavy atom. The van der Waals surface area contributed by atoms with Gasteiger partial charge in [0.15, 0.2) is 5.82 Å². The van der Waals surface area contributed by atoms with Crippen LogP contribution < -0.4 is 5.32 Å². The van der Waals surface area contributed by atoms with Crippen LogP contribution in [-0.2, 0) is 4.79 Å². The normalized spacial score (nSPS) is 16.3. The number of nitrogens with one attached hydrogen (secondary N) is 1. The topological polar surface area (TPSA) is 101 Å². The lowest BCUT2D eigenvalue weighted by Crippen LogP contribution is -2.43. The molecule has 8 nitrogen and oxygen atoms in total. The minimum absolute atomic E-state index is 0.0148. The van der Waals surface area contributed by atoms with Crippen molar-refractivity contribution in [3.05, 3.63) is 41.8 Å². The fourth-order valence-electron chi connectivity index (χ4n) is 3.10. The van der Waals surface area contributed by atoms with E-state index in [0.29, 0.717) is 49.6 Å². The molecule has 2 amide bonds. The molecule has 2 aromatic rings. The first kappa shape index (κ1) is 18.0. The highest BCUT2D eigenvalue weighted by atomic mass is 16.5. The van der Waals surface area contributed by atoms with Gasteiger partial charge in [-0.25, -0.2) is 0 Å². The Bertz CT molecular complexity index is 753. The van der Waals surface area contributed by atoms with Crippen molar-refractivity contribution < 1.29 is 14.1 Å². The summed E-state index contributed by atoms with van der Waals surface area (Å²) >= 11 is 0. The molecule has 3 heterocycles. The van der Waals surface area contributed by atoms with E-state index in [1.165, 1.54) is 0 Å². The first-order chi connectivity index (χ1) is 12.6. The van der Waals surface area contributed by atoms with Crippen LogP contribution in [0.2, 0.25) is 0 Å². The maximum absolute atomic E-state index is 12.6. The fraction of sp³-hybridized carbons (Fsp3) is 0.500. The molecular formula is C18H23N5O3. The van der Waals surface area contributed by atoms with Crippen molar-refractivity contribution in [2.45, 2.75) is 39.2 Å². The SMILES string of the molecule is CCC(NC(=O)C1CCN(C(=O)c2ccncc2)CC1)c1nc(C)no1. The third-order valence-corrected chi connectivity index (χ3v) is 4.65. The molecule has 1 fully saturated rings. The van der Waals surface area contributed by atoms with Gasteiger partial charge >= 0.3 is 0 Å². The highest BCUT2D eigenvalue weighted by Gasteiger charge is 2.29. The average molecular weight is 357 g/mol. The van der Waals surface area contributed by atoms with Gasteiger partial charge in [0.2, 0.25) is 11.8 Å². The van der Waals surface area contributed by atoms with Gasteiger partial charge in [0, 0.05) is 37.0 Å². The number of pyridine rings is 1. The molecule has 8 heteroatoms.